The van der Waals surface area contributed by atoms with Gasteiger partial charge in [-0.1, -0.05) is 45.7 Å². The Hall–Kier alpha value is -1.07. The van der Waals surface area contributed by atoms with E-state index in [4.69, 9.17) is 22.2 Å². The molecule has 2 rings (SSSR count). The second-order valence-corrected chi connectivity index (χ2v) is 6.29. The van der Waals surface area contributed by atoms with Gasteiger partial charge >= 0.3 is 0 Å². The van der Waals surface area contributed by atoms with Gasteiger partial charge in [-0.2, -0.15) is 0 Å². The van der Waals surface area contributed by atoms with Crippen LogP contribution in [-0.4, -0.2) is 6.10 Å². The van der Waals surface area contributed by atoms with Crippen molar-refractivity contribution in [3.8, 4) is 5.75 Å². The number of rotatable bonds is 5. The van der Waals surface area contributed by atoms with E-state index in [-0.39, 0.29) is 12.1 Å². The summed E-state index contributed by atoms with van der Waals surface area (Å²) in [5.74, 6) is 6.57. The molecule has 3 N–H and O–H groups in total. The lowest BCUT2D eigenvalue weighted by Crippen LogP contribution is -2.29. The van der Waals surface area contributed by atoms with Crippen molar-refractivity contribution in [2.45, 2.75) is 26.0 Å². The van der Waals surface area contributed by atoms with Gasteiger partial charge in [0, 0.05) is 9.50 Å². The van der Waals surface area contributed by atoms with Crippen LogP contribution in [0.15, 0.2) is 46.9 Å². The molecule has 0 aliphatic rings. The van der Waals surface area contributed by atoms with Crippen molar-refractivity contribution in [2.75, 3.05) is 0 Å². The van der Waals surface area contributed by atoms with Crippen LogP contribution in [0.25, 0.3) is 0 Å². The van der Waals surface area contributed by atoms with Gasteiger partial charge in [0.2, 0.25) is 0 Å². The zero-order chi connectivity index (χ0) is 15.4. The first-order valence-corrected chi connectivity index (χ1v) is 7.86. The fourth-order valence-electron chi connectivity index (χ4n) is 2.11. The maximum atomic E-state index is 5.98. The fourth-order valence-corrected chi connectivity index (χ4v) is 3.02. The van der Waals surface area contributed by atoms with Crippen molar-refractivity contribution >= 4 is 27.5 Å². The SMILES string of the molecule is CC(C)Oc1ccc(C(NN)c2ccc(Cl)cc2Br)cc1. The monoisotopic (exact) mass is 368 g/mol. The van der Waals surface area contributed by atoms with Crippen LogP contribution in [0, 0.1) is 0 Å². The molecule has 0 bridgehead atoms. The summed E-state index contributed by atoms with van der Waals surface area (Å²) in [4.78, 5) is 0. The van der Waals surface area contributed by atoms with E-state index in [2.05, 4.69) is 21.4 Å². The third-order valence-corrected chi connectivity index (χ3v) is 3.95. The smallest absolute Gasteiger partial charge is 0.119 e. The molecule has 112 valence electrons. The third kappa shape index (κ3) is 4.20. The Morgan fingerprint density at radius 1 is 1.14 bits per heavy atom. The van der Waals surface area contributed by atoms with Crippen molar-refractivity contribution in [1.29, 1.82) is 0 Å². The van der Waals surface area contributed by atoms with Gasteiger partial charge in [-0.05, 0) is 49.2 Å². The van der Waals surface area contributed by atoms with Gasteiger partial charge < -0.3 is 4.74 Å². The zero-order valence-electron chi connectivity index (χ0n) is 11.9. The van der Waals surface area contributed by atoms with E-state index in [0.29, 0.717) is 5.02 Å². The lowest BCUT2D eigenvalue weighted by atomic mass is 9.99. The molecule has 0 aromatic heterocycles. The Morgan fingerprint density at radius 3 is 2.33 bits per heavy atom. The van der Waals surface area contributed by atoms with Gasteiger partial charge in [0.15, 0.2) is 0 Å². The molecule has 0 saturated carbocycles. The number of nitrogens with two attached hydrogens (primary N) is 1. The van der Waals surface area contributed by atoms with Crippen LogP contribution in [0.5, 0.6) is 5.75 Å². The van der Waals surface area contributed by atoms with Crippen LogP contribution in [0.4, 0.5) is 0 Å². The van der Waals surface area contributed by atoms with Crippen LogP contribution in [-0.2, 0) is 0 Å². The van der Waals surface area contributed by atoms with E-state index in [9.17, 15) is 0 Å². The highest BCUT2D eigenvalue weighted by Crippen LogP contribution is 2.31. The summed E-state index contributed by atoms with van der Waals surface area (Å²) in [5.41, 5.74) is 4.92. The second kappa shape index (κ2) is 7.27. The number of benzene rings is 2. The van der Waals surface area contributed by atoms with Crippen LogP contribution >= 0.6 is 27.5 Å². The summed E-state index contributed by atoms with van der Waals surface area (Å²) in [6.07, 6.45) is 0.157. The van der Waals surface area contributed by atoms with Gasteiger partial charge in [0.25, 0.3) is 0 Å². The van der Waals surface area contributed by atoms with Gasteiger partial charge in [0.1, 0.15) is 5.75 Å². The maximum Gasteiger partial charge on any atom is 0.119 e. The number of hydrogen-bond acceptors (Lipinski definition) is 3. The molecular formula is C16H18BrClN2O. The first kappa shape index (κ1) is 16.3. The van der Waals surface area contributed by atoms with Gasteiger partial charge in [-0.25, -0.2) is 5.43 Å². The van der Waals surface area contributed by atoms with E-state index in [0.717, 1.165) is 21.3 Å². The third-order valence-electron chi connectivity index (χ3n) is 3.03. The molecule has 0 saturated heterocycles. The molecule has 0 aliphatic heterocycles. The lowest BCUT2D eigenvalue weighted by molar-refractivity contribution is 0.242. The molecule has 1 atom stereocenters. The number of nitrogens with one attached hydrogen (secondary N) is 1. The Labute approximate surface area is 138 Å². The summed E-state index contributed by atoms with van der Waals surface area (Å²) in [6, 6.07) is 13.4. The molecule has 2 aromatic rings. The minimum Gasteiger partial charge on any atom is -0.491 e. The number of hydrogen-bond donors (Lipinski definition) is 2. The Bertz CT molecular complexity index is 602. The topological polar surface area (TPSA) is 47.3 Å². The Morgan fingerprint density at radius 2 is 1.81 bits per heavy atom. The number of halogens is 2. The normalized spacial score (nSPS) is 12.5. The van der Waals surface area contributed by atoms with E-state index < -0.39 is 0 Å². The summed E-state index contributed by atoms with van der Waals surface area (Å²) >= 11 is 9.51. The second-order valence-electron chi connectivity index (χ2n) is 5.00. The van der Waals surface area contributed by atoms with Crippen molar-refractivity contribution in [3.05, 3.63) is 63.1 Å². The van der Waals surface area contributed by atoms with Crippen LogP contribution in [0.2, 0.25) is 5.02 Å². The van der Waals surface area contributed by atoms with Crippen molar-refractivity contribution in [2.24, 2.45) is 5.84 Å². The summed E-state index contributed by atoms with van der Waals surface area (Å²) in [6.45, 7) is 4.01. The fraction of sp³-hybridized carbons (Fsp3) is 0.250. The highest BCUT2D eigenvalue weighted by molar-refractivity contribution is 9.10. The molecule has 2 aromatic carbocycles. The van der Waals surface area contributed by atoms with Crippen molar-refractivity contribution in [3.63, 3.8) is 0 Å². The maximum absolute atomic E-state index is 5.98. The van der Waals surface area contributed by atoms with Gasteiger partial charge in [0.05, 0.1) is 12.1 Å². The Balaban J connectivity index is 2.28. The van der Waals surface area contributed by atoms with E-state index in [1.54, 1.807) is 0 Å². The lowest BCUT2D eigenvalue weighted by Gasteiger charge is -2.19. The molecule has 21 heavy (non-hydrogen) atoms. The number of ether oxygens (including phenoxy) is 1. The predicted octanol–water partition coefficient (Wildman–Crippen LogP) is 4.44. The molecule has 0 radical (unpaired) electrons. The predicted molar refractivity (Wildman–Crippen MR) is 90.5 cm³/mol. The first-order chi connectivity index (χ1) is 10.0. The Kier molecular flexibility index (Phi) is 5.65. The van der Waals surface area contributed by atoms with Crippen LogP contribution in [0.1, 0.15) is 31.0 Å². The largest absolute Gasteiger partial charge is 0.491 e. The number of hydrazine groups is 1. The van der Waals surface area contributed by atoms with Crippen LogP contribution in [0.3, 0.4) is 0 Å². The average molecular weight is 370 g/mol. The van der Waals surface area contributed by atoms with Gasteiger partial charge in [-0.3, -0.25) is 5.84 Å². The highest BCUT2D eigenvalue weighted by Gasteiger charge is 2.15. The molecular weight excluding hydrogens is 352 g/mol. The molecule has 1 unspecified atom stereocenters. The molecule has 5 heteroatoms. The summed E-state index contributed by atoms with van der Waals surface area (Å²) in [7, 11) is 0. The van der Waals surface area contributed by atoms with E-state index in [1.807, 2.05) is 56.3 Å². The average Bonchev–Trinajstić information content (AvgIpc) is 2.43. The minimum absolute atomic E-state index is 0.121. The van der Waals surface area contributed by atoms with Crippen LogP contribution < -0.4 is 16.0 Å². The minimum atomic E-state index is -0.121. The van der Waals surface area contributed by atoms with E-state index in [1.165, 1.54) is 0 Å². The highest BCUT2D eigenvalue weighted by atomic mass is 79.9. The molecule has 0 fully saturated rings. The molecule has 0 spiro atoms. The first-order valence-electron chi connectivity index (χ1n) is 6.69. The quantitative estimate of drug-likeness (QED) is 0.605. The molecule has 0 amide bonds. The zero-order valence-corrected chi connectivity index (χ0v) is 14.3. The van der Waals surface area contributed by atoms with Crippen molar-refractivity contribution < 1.29 is 4.74 Å². The van der Waals surface area contributed by atoms with E-state index >= 15 is 0 Å². The standard InChI is InChI=1S/C16H18BrClN2O/c1-10(2)21-13-6-3-11(4-7-13)16(20-19)14-8-5-12(18)9-15(14)17/h3-10,16,20H,19H2,1-2H3. The summed E-state index contributed by atoms with van der Waals surface area (Å²) in [5, 5.41) is 0.682. The van der Waals surface area contributed by atoms with Crippen molar-refractivity contribution in [1.82, 2.24) is 5.43 Å². The summed E-state index contributed by atoms with van der Waals surface area (Å²) < 4.78 is 6.57. The van der Waals surface area contributed by atoms with Gasteiger partial charge in [-0.15, -0.1) is 0 Å². The molecule has 0 aliphatic carbocycles. The molecule has 3 nitrogen and oxygen atoms in total. The molecule has 0 heterocycles.